The molecule has 0 aliphatic carbocycles. The number of nitrogens with zero attached hydrogens (tertiary/aromatic N) is 1. The molecule has 1 aromatic rings. The third-order valence-electron chi connectivity index (χ3n) is 2.38. The van der Waals surface area contributed by atoms with Crippen molar-refractivity contribution < 1.29 is 0 Å². The summed E-state index contributed by atoms with van der Waals surface area (Å²) in [4.78, 5) is 4.48. The highest BCUT2D eigenvalue weighted by Crippen LogP contribution is 2.16. The van der Waals surface area contributed by atoms with Gasteiger partial charge in [0.05, 0.1) is 0 Å². The molecule has 1 N–H and O–H groups in total. The molecule has 1 heterocycles. The molecule has 1 unspecified atom stereocenters. The van der Waals surface area contributed by atoms with Gasteiger partial charge in [-0.3, -0.25) is 4.99 Å². The highest BCUT2D eigenvalue weighted by molar-refractivity contribution is 8.13. The van der Waals surface area contributed by atoms with Crippen LogP contribution in [0.15, 0.2) is 29.3 Å². The second-order valence-electron chi connectivity index (χ2n) is 4.05. The Hall–Kier alpha value is -0.670. The fourth-order valence-corrected chi connectivity index (χ4v) is 2.59. The zero-order valence-electron chi connectivity index (χ0n) is 9.24. The molecule has 4 heteroatoms. The normalized spacial score (nSPS) is 20.4. The van der Waals surface area contributed by atoms with Crippen LogP contribution in [0.5, 0.6) is 0 Å². The van der Waals surface area contributed by atoms with E-state index in [-0.39, 0.29) is 0 Å². The minimum atomic E-state index is 0.696. The van der Waals surface area contributed by atoms with Gasteiger partial charge >= 0.3 is 0 Å². The second kappa shape index (κ2) is 5.60. The zero-order chi connectivity index (χ0) is 11.4. The van der Waals surface area contributed by atoms with Crippen LogP contribution in [0.2, 0.25) is 5.02 Å². The summed E-state index contributed by atoms with van der Waals surface area (Å²) in [6, 6.07) is 7.90. The molecule has 2 nitrogen and oxygen atoms in total. The predicted octanol–water partition coefficient (Wildman–Crippen LogP) is 3.17. The third-order valence-corrected chi connectivity index (χ3v) is 3.90. The fourth-order valence-electron chi connectivity index (χ4n) is 1.49. The van der Waals surface area contributed by atoms with E-state index in [1.54, 1.807) is 11.8 Å². The number of benzene rings is 1. The van der Waals surface area contributed by atoms with Crippen LogP contribution in [0.4, 0.5) is 0 Å². The van der Waals surface area contributed by atoms with Gasteiger partial charge in [-0.25, -0.2) is 0 Å². The van der Waals surface area contributed by atoms with E-state index in [2.05, 4.69) is 23.3 Å². The first-order valence-electron chi connectivity index (χ1n) is 5.39. The Labute approximate surface area is 105 Å². The van der Waals surface area contributed by atoms with E-state index >= 15 is 0 Å². The minimum Gasteiger partial charge on any atom is -0.361 e. The van der Waals surface area contributed by atoms with Gasteiger partial charge in [0.15, 0.2) is 5.17 Å². The molecule has 0 saturated carbocycles. The smallest absolute Gasteiger partial charge is 0.156 e. The maximum absolute atomic E-state index is 5.92. The van der Waals surface area contributed by atoms with Gasteiger partial charge in [0.1, 0.15) is 0 Å². The Bertz CT molecular complexity index is 392. The molecule has 0 spiro atoms. The Morgan fingerprint density at radius 3 is 3.12 bits per heavy atom. The van der Waals surface area contributed by atoms with Crippen LogP contribution in [-0.2, 0) is 6.54 Å². The number of rotatable bonds is 2. The summed E-state index contributed by atoms with van der Waals surface area (Å²) in [6.07, 6.45) is 0. The summed E-state index contributed by atoms with van der Waals surface area (Å²) in [5, 5.41) is 5.18. The quantitative estimate of drug-likeness (QED) is 0.877. The summed E-state index contributed by atoms with van der Waals surface area (Å²) >= 11 is 7.72. The molecule has 16 heavy (non-hydrogen) atoms. The van der Waals surface area contributed by atoms with Crippen LogP contribution < -0.4 is 5.32 Å². The summed E-state index contributed by atoms with van der Waals surface area (Å²) < 4.78 is 0. The van der Waals surface area contributed by atoms with Gasteiger partial charge in [-0.15, -0.1) is 0 Å². The number of hydrogen-bond acceptors (Lipinski definition) is 3. The highest BCUT2D eigenvalue weighted by atomic mass is 35.5. The van der Waals surface area contributed by atoms with Gasteiger partial charge in [-0.05, 0) is 23.6 Å². The molecule has 0 saturated heterocycles. The van der Waals surface area contributed by atoms with Crippen LogP contribution >= 0.6 is 23.4 Å². The van der Waals surface area contributed by atoms with E-state index in [1.165, 1.54) is 5.56 Å². The number of nitrogens with one attached hydrogen (secondary N) is 1. The van der Waals surface area contributed by atoms with Gasteiger partial charge in [-0.1, -0.05) is 42.4 Å². The van der Waals surface area contributed by atoms with Gasteiger partial charge in [0.2, 0.25) is 0 Å². The van der Waals surface area contributed by atoms with Crippen molar-refractivity contribution in [3.05, 3.63) is 34.9 Å². The molecule has 1 aliphatic rings. The van der Waals surface area contributed by atoms with Gasteiger partial charge < -0.3 is 5.32 Å². The molecule has 1 atom stereocenters. The number of amidine groups is 1. The largest absolute Gasteiger partial charge is 0.361 e. The van der Waals surface area contributed by atoms with Crippen LogP contribution in [0.3, 0.4) is 0 Å². The molecule has 1 aliphatic heterocycles. The monoisotopic (exact) mass is 254 g/mol. The first-order chi connectivity index (χ1) is 7.74. The van der Waals surface area contributed by atoms with Crippen molar-refractivity contribution in [3.8, 4) is 0 Å². The van der Waals surface area contributed by atoms with Crippen molar-refractivity contribution in [2.75, 3.05) is 12.3 Å². The molecule has 86 valence electrons. The van der Waals surface area contributed by atoms with E-state index in [9.17, 15) is 0 Å². The summed E-state index contributed by atoms with van der Waals surface area (Å²) in [6.45, 7) is 3.95. The Morgan fingerprint density at radius 1 is 1.56 bits per heavy atom. The maximum atomic E-state index is 5.92. The van der Waals surface area contributed by atoms with Gasteiger partial charge in [0, 0.05) is 23.9 Å². The van der Waals surface area contributed by atoms with Crippen molar-refractivity contribution in [2.45, 2.75) is 13.5 Å². The van der Waals surface area contributed by atoms with E-state index in [0.29, 0.717) is 5.92 Å². The molecule has 0 amide bonds. The summed E-state index contributed by atoms with van der Waals surface area (Å²) in [5.41, 5.74) is 1.19. The Morgan fingerprint density at radius 2 is 2.44 bits per heavy atom. The van der Waals surface area contributed by atoms with E-state index in [0.717, 1.165) is 29.0 Å². The lowest BCUT2D eigenvalue weighted by Gasteiger charge is -2.17. The molecule has 0 aromatic heterocycles. The van der Waals surface area contributed by atoms with E-state index in [4.69, 9.17) is 11.6 Å². The van der Waals surface area contributed by atoms with Crippen molar-refractivity contribution in [2.24, 2.45) is 10.9 Å². The molecular formula is C12H15ClN2S. The first kappa shape index (κ1) is 11.8. The Balaban J connectivity index is 1.88. The lowest BCUT2D eigenvalue weighted by molar-refractivity contribution is 0.669. The molecule has 0 radical (unpaired) electrons. The first-order valence-corrected chi connectivity index (χ1v) is 6.76. The van der Waals surface area contributed by atoms with Crippen LogP contribution in [0.1, 0.15) is 12.5 Å². The molecule has 0 bridgehead atoms. The summed E-state index contributed by atoms with van der Waals surface area (Å²) in [7, 11) is 0. The zero-order valence-corrected chi connectivity index (χ0v) is 10.8. The molecular weight excluding hydrogens is 240 g/mol. The third kappa shape index (κ3) is 3.42. The maximum Gasteiger partial charge on any atom is 0.156 e. The second-order valence-corrected chi connectivity index (χ2v) is 5.49. The number of hydrogen-bond donors (Lipinski definition) is 1. The van der Waals surface area contributed by atoms with Crippen molar-refractivity contribution >= 4 is 28.5 Å². The average molecular weight is 255 g/mol. The standard InChI is InChI=1S/C12H15ClN2S/c1-9-6-14-12(16-8-9)15-7-10-3-2-4-11(13)5-10/h2-5,9H,6-8H2,1H3,(H,14,15). The van der Waals surface area contributed by atoms with Crippen LogP contribution in [0, 0.1) is 5.92 Å². The Kier molecular flexibility index (Phi) is 4.13. The highest BCUT2D eigenvalue weighted by Gasteiger charge is 2.11. The van der Waals surface area contributed by atoms with E-state index < -0.39 is 0 Å². The van der Waals surface area contributed by atoms with Crippen molar-refractivity contribution in [1.82, 2.24) is 5.32 Å². The van der Waals surface area contributed by atoms with Gasteiger partial charge in [-0.2, -0.15) is 0 Å². The lowest BCUT2D eigenvalue weighted by atomic mass is 10.2. The number of thioether (sulfide) groups is 1. The van der Waals surface area contributed by atoms with E-state index in [1.807, 2.05) is 18.2 Å². The van der Waals surface area contributed by atoms with Crippen LogP contribution in [0.25, 0.3) is 0 Å². The van der Waals surface area contributed by atoms with Gasteiger partial charge in [0.25, 0.3) is 0 Å². The molecule has 2 rings (SSSR count). The number of halogens is 1. The van der Waals surface area contributed by atoms with Crippen LogP contribution in [-0.4, -0.2) is 17.5 Å². The summed E-state index contributed by atoms with van der Waals surface area (Å²) in [5.74, 6) is 1.85. The lowest BCUT2D eigenvalue weighted by Crippen LogP contribution is -2.25. The topological polar surface area (TPSA) is 24.4 Å². The SMILES string of the molecule is CC1CN=C(NCc2cccc(Cl)c2)SC1. The fraction of sp³-hybridized carbons (Fsp3) is 0.417. The van der Waals surface area contributed by atoms with Crippen molar-refractivity contribution in [1.29, 1.82) is 0 Å². The average Bonchev–Trinajstić information content (AvgIpc) is 2.28. The molecule has 1 aromatic carbocycles. The van der Waals surface area contributed by atoms with Crippen molar-refractivity contribution in [3.63, 3.8) is 0 Å². The number of aliphatic imine (C=N–C) groups is 1. The minimum absolute atomic E-state index is 0.696. The molecule has 0 fully saturated rings. The predicted molar refractivity (Wildman–Crippen MR) is 72.2 cm³/mol.